The third-order valence-corrected chi connectivity index (χ3v) is 8.73. The van der Waals surface area contributed by atoms with E-state index < -0.39 is 17.8 Å². The number of fused-ring (bicyclic) bond motifs is 4. The maximum atomic E-state index is 14.1. The molecule has 206 valence electrons. The molecular formula is C32H23F3N2O3S. The number of thiophene rings is 1. The zero-order valence-electron chi connectivity index (χ0n) is 21.8. The highest BCUT2D eigenvalue weighted by Crippen LogP contribution is 2.43. The summed E-state index contributed by atoms with van der Waals surface area (Å²) in [5.74, 6) is 1.02. The van der Waals surface area contributed by atoms with Gasteiger partial charge in [0.05, 0.1) is 23.2 Å². The second-order valence-corrected chi connectivity index (χ2v) is 11.1. The molecule has 1 N–H and O–H groups in total. The SMILES string of the molecule is COc1ccc2[nH]c3c(c2c1)CCN(C(=O)c1cc2ccccc2s1)[C@H]3c1ccc(-c2ccccc2C(F)(F)F)o1. The van der Waals surface area contributed by atoms with Gasteiger partial charge in [0.1, 0.15) is 23.3 Å². The van der Waals surface area contributed by atoms with Gasteiger partial charge in [0.15, 0.2) is 0 Å². The van der Waals surface area contributed by atoms with Gasteiger partial charge in [0.25, 0.3) is 5.91 Å². The van der Waals surface area contributed by atoms with Crippen LogP contribution in [-0.4, -0.2) is 29.4 Å². The summed E-state index contributed by atoms with van der Waals surface area (Å²) in [4.78, 5) is 19.9. The van der Waals surface area contributed by atoms with Crippen molar-refractivity contribution in [3.63, 3.8) is 0 Å². The van der Waals surface area contributed by atoms with Gasteiger partial charge in [-0.3, -0.25) is 4.79 Å². The number of alkyl halides is 3. The number of furan rings is 1. The van der Waals surface area contributed by atoms with E-state index in [9.17, 15) is 18.0 Å². The van der Waals surface area contributed by atoms with Crippen LogP contribution in [0.15, 0.2) is 89.3 Å². The molecule has 9 heteroatoms. The van der Waals surface area contributed by atoms with Gasteiger partial charge >= 0.3 is 6.18 Å². The maximum absolute atomic E-state index is 14.1. The van der Waals surface area contributed by atoms with Crippen molar-refractivity contribution in [2.45, 2.75) is 18.6 Å². The Bertz CT molecular complexity index is 1900. The second-order valence-electron chi connectivity index (χ2n) is 9.97. The first-order valence-electron chi connectivity index (χ1n) is 13.1. The minimum Gasteiger partial charge on any atom is -0.497 e. The molecule has 1 atom stereocenters. The maximum Gasteiger partial charge on any atom is 0.417 e. The number of aromatic amines is 1. The predicted molar refractivity (Wildman–Crippen MR) is 152 cm³/mol. The minimum absolute atomic E-state index is 0.0500. The van der Waals surface area contributed by atoms with E-state index in [4.69, 9.17) is 9.15 Å². The Labute approximate surface area is 236 Å². The molecule has 0 unspecified atom stereocenters. The highest BCUT2D eigenvalue weighted by molar-refractivity contribution is 7.20. The Hall–Kier alpha value is -4.50. The smallest absolute Gasteiger partial charge is 0.417 e. The zero-order chi connectivity index (χ0) is 28.3. The van der Waals surface area contributed by atoms with E-state index in [1.54, 1.807) is 30.2 Å². The van der Waals surface area contributed by atoms with Crippen LogP contribution in [-0.2, 0) is 12.6 Å². The summed E-state index contributed by atoms with van der Waals surface area (Å²) in [5.41, 5.74) is 1.86. The van der Waals surface area contributed by atoms with E-state index in [0.717, 1.165) is 38.3 Å². The summed E-state index contributed by atoms with van der Waals surface area (Å²) in [7, 11) is 1.61. The average molecular weight is 573 g/mol. The first kappa shape index (κ1) is 25.5. The molecule has 0 saturated carbocycles. The van der Waals surface area contributed by atoms with Gasteiger partial charge in [-0.2, -0.15) is 13.2 Å². The van der Waals surface area contributed by atoms with Crippen LogP contribution in [0.2, 0.25) is 0 Å². The van der Waals surface area contributed by atoms with E-state index in [2.05, 4.69) is 4.98 Å². The molecule has 7 rings (SSSR count). The number of H-pyrrole nitrogens is 1. The van der Waals surface area contributed by atoms with Crippen molar-refractivity contribution < 1.29 is 27.1 Å². The number of nitrogens with zero attached hydrogens (tertiary/aromatic N) is 1. The molecule has 0 spiro atoms. The number of amides is 1. The van der Waals surface area contributed by atoms with Crippen molar-refractivity contribution in [2.24, 2.45) is 0 Å². The van der Waals surface area contributed by atoms with E-state index in [1.807, 2.05) is 48.5 Å². The minimum atomic E-state index is -4.54. The number of hydrogen-bond acceptors (Lipinski definition) is 4. The van der Waals surface area contributed by atoms with Crippen molar-refractivity contribution in [1.82, 2.24) is 9.88 Å². The van der Waals surface area contributed by atoms with Crippen LogP contribution < -0.4 is 4.74 Å². The summed E-state index contributed by atoms with van der Waals surface area (Å²) in [6.45, 7) is 0.407. The molecule has 3 aromatic heterocycles. The highest BCUT2D eigenvalue weighted by atomic mass is 32.1. The Morgan fingerprint density at radius 2 is 1.83 bits per heavy atom. The van der Waals surface area contributed by atoms with Crippen molar-refractivity contribution in [1.29, 1.82) is 0 Å². The second kappa shape index (κ2) is 9.55. The van der Waals surface area contributed by atoms with Gasteiger partial charge in [0.2, 0.25) is 0 Å². The number of carbonyl (C=O) groups excluding carboxylic acids is 1. The quantitative estimate of drug-likeness (QED) is 0.231. The summed E-state index contributed by atoms with van der Waals surface area (Å²) in [6, 6.07) is 23.3. The van der Waals surface area contributed by atoms with Gasteiger partial charge in [-0.15, -0.1) is 11.3 Å². The average Bonchev–Trinajstić information content (AvgIpc) is 3.72. The summed E-state index contributed by atoms with van der Waals surface area (Å²) < 4.78 is 54.1. The van der Waals surface area contributed by atoms with Crippen LogP contribution in [0, 0.1) is 0 Å². The van der Waals surface area contributed by atoms with Crippen LogP contribution in [0.4, 0.5) is 13.2 Å². The molecule has 0 bridgehead atoms. The molecule has 5 nitrogen and oxygen atoms in total. The lowest BCUT2D eigenvalue weighted by Crippen LogP contribution is -2.40. The number of methoxy groups -OCH3 is 1. The van der Waals surface area contributed by atoms with Gasteiger partial charge in [-0.05, 0) is 65.9 Å². The molecule has 41 heavy (non-hydrogen) atoms. The van der Waals surface area contributed by atoms with Gasteiger partial charge in [-0.25, -0.2) is 0 Å². The number of ether oxygens (including phenoxy) is 1. The van der Waals surface area contributed by atoms with Crippen molar-refractivity contribution >= 4 is 38.2 Å². The van der Waals surface area contributed by atoms with E-state index in [0.29, 0.717) is 29.4 Å². The third kappa shape index (κ3) is 4.28. The summed E-state index contributed by atoms with van der Waals surface area (Å²) >= 11 is 1.42. The normalized spacial score (nSPS) is 15.4. The van der Waals surface area contributed by atoms with Crippen molar-refractivity contribution in [3.8, 4) is 17.1 Å². The summed E-state index contributed by atoms with van der Waals surface area (Å²) in [5, 5.41) is 1.96. The molecule has 1 aliphatic rings. The van der Waals surface area contributed by atoms with E-state index >= 15 is 0 Å². The third-order valence-electron chi connectivity index (χ3n) is 7.63. The standard InChI is InChI=1S/C32H23F3N2O3S/c1-39-19-10-11-24-22(17-19)20-14-15-37(31(38)28-16-18-6-2-5-9-27(18)41-28)30(29(20)36-24)26-13-12-25(40-26)21-7-3-4-8-23(21)32(33,34)35/h2-13,16-17,30,36H,14-15H2,1H3/t30-/m0/s1. The number of nitrogens with one attached hydrogen (secondary N) is 1. The van der Waals surface area contributed by atoms with E-state index in [-0.39, 0.29) is 17.2 Å². The number of halogens is 3. The summed E-state index contributed by atoms with van der Waals surface area (Å²) in [6.07, 6.45) is -3.94. The lowest BCUT2D eigenvalue weighted by atomic mass is 9.95. The number of aromatic nitrogens is 1. The fourth-order valence-corrected chi connectivity index (χ4v) is 6.75. The lowest BCUT2D eigenvalue weighted by Gasteiger charge is -2.34. The van der Waals surface area contributed by atoms with Crippen LogP contribution in [0.1, 0.15) is 38.3 Å². The van der Waals surface area contributed by atoms with Crippen LogP contribution in [0.25, 0.3) is 32.3 Å². The molecule has 0 saturated heterocycles. The zero-order valence-corrected chi connectivity index (χ0v) is 22.6. The van der Waals surface area contributed by atoms with Crippen LogP contribution >= 0.6 is 11.3 Å². The number of carbonyl (C=O) groups is 1. The van der Waals surface area contributed by atoms with E-state index in [1.165, 1.54) is 23.5 Å². The Kier molecular flexibility index (Phi) is 5.93. The Balaban J connectivity index is 1.37. The molecule has 1 aliphatic heterocycles. The molecule has 6 aromatic rings. The predicted octanol–water partition coefficient (Wildman–Crippen LogP) is 8.46. The van der Waals surface area contributed by atoms with Gasteiger partial charge in [-0.1, -0.05) is 36.4 Å². The first-order chi connectivity index (χ1) is 19.8. The topological polar surface area (TPSA) is 58.5 Å². The van der Waals surface area contributed by atoms with Crippen LogP contribution in [0.3, 0.4) is 0 Å². The molecule has 4 heterocycles. The van der Waals surface area contributed by atoms with Crippen molar-refractivity contribution in [2.75, 3.05) is 13.7 Å². The van der Waals surface area contributed by atoms with Gasteiger partial charge < -0.3 is 19.0 Å². The lowest BCUT2D eigenvalue weighted by molar-refractivity contribution is -0.137. The largest absolute Gasteiger partial charge is 0.497 e. The van der Waals surface area contributed by atoms with Gasteiger partial charge in [0, 0.05) is 27.7 Å². The first-order valence-corrected chi connectivity index (χ1v) is 13.9. The number of rotatable bonds is 4. The molecule has 0 radical (unpaired) electrons. The molecular weight excluding hydrogens is 549 g/mol. The fourth-order valence-electron chi connectivity index (χ4n) is 5.73. The molecule has 1 amide bonds. The fraction of sp³-hybridized carbons (Fsp3) is 0.156. The molecule has 3 aromatic carbocycles. The Morgan fingerprint density at radius 1 is 1.02 bits per heavy atom. The van der Waals surface area contributed by atoms with Crippen LogP contribution in [0.5, 0.6) is 5.75 Å². The Morgan fingerprint density at radius 3 is 2.63 bits per heavy atom. The highest BCUT2D eigenvalue weighted by Gasteiger charge is 2.39. The number of benzene rings is 3. The van der Waals surface area contributed by atoms with Crippen molar-refractivity contribution in [3.05, 3.63) is 112 Å². The monoisotopic (exact) mass is 572 g/mol. The molecule has 0 aliphatic carbocycles. The molecule has 0 fully saturated rings. The number of hydrogen-bond donors (Lipinski definition) is 1.